The Bertz CT molecular complexity index is 275. The molecule has 4 heteroatoms. The van der Waals surface area contributed by atoms with Gasteiger partial charge in [0.2, 0.25) is 0 Å². The number of aliphatic hydroxyl groups excluding tert-OH is 1. The molecule has 0 aliphatic rings. The van der Waals surface area contributed by atoms with E-state index in [2.05, 4.69) is 10.3 Å². The number of nitrogens with one attached hydrogen (secondary N) is 1. The number of nitrogens with zero attached hydrogens (tertiary/aromatic N) is 1. The Balaban J connectivity index is 2.18. The molecule has 1 atom stereocenters. The van der Waals surface area contributed by atoms with Gasteiger partial charge < -0.3 is 15.5 Å². The minimum Gasteiger partial charge on any atom is -0.393 e. The largest absolute Gasteiger partial charge is 0.393 e. The van der Waals surface area contributed by atoms with Crippen LogP contribution in [0, 0.1) is 0 Å². The first kappa shape index (κ1) is 12.1. The Hall–Kier alpha value is -0.970. The highest BCUT2D eigenvalue weighted by Gasteiger charge is 2.17. The van der Waals surface area contributed by atoms with Gasteiger partial charge in [0.05, 0.1) is 12.2 Å². The molecule has 1 aromatic rings. The summed E-state index contributed by atoms with van der Waals surface area (Å²) in [5.74, 6) is 0. The van der Waals surface area contributed by atoms with Gasteiger partial charge in [-0.2, -0.15) is 0 Å². The topological polar surface area (TPSA) is 65.4 Å². The molecular formula is C11H18N2O2. The molecule has 0 saturated heterocycles. The zero-order chi connectivity index (χ0) is 11.1. The number of aliphatic hydroxyl groups is 2. The number of aromatic nitrogens is 1. The Kier molecular flexibility index (Phi) is 4.68. The van der Waals surface area contributed by atoms with E-state index >= 15 is 0 Å². The van der Waals surface area contributed by atoms with Crippen molar-refractivity contribution in [2.75, 3.05) is 19.7 Å². The Morgan fingerprint density at radius 3 is 2.93 bits per heavy atom. The first-order chi connectivity index (χ1) is 7.14. The third-order valence-electron chi connectivity index (χ3n) is 2.16. The molecule has 4 nitrogen and oxygen atoms in total. The van der Waals surface area contributed by atoms with Crippen molar-refractivity contribution in [2.45, 2.75) is 18.9 Å². The van der Waals surface area contributed by atoms with E-state index in [4.69, 9.17) is 5.11 Å². The fourth-order valence-electron chi connectivity index (χ4n) is 1.19. The summed E-state index contributed by atoms with van der Waals surface area (Å²) in [4.78, 5) is 4.01. The maximum absolute atomic E-state index is 9.50. The number of hydrogen-bond acceptors (Lipinski definition) is 4. The quantitative estimate of drug-likeness (QED) is 0.576. The predicted molar refractivity (Wildman–Crippen MR) is 58.5 cm³/mol. The Morgan fingerprint density at radius 1 is 1.53 bits per heavy atom. The first-order valence-corrected chi connectivity index (χ1v) is 5.07. The standard InChI is InChI=1S/C11H18N2O2/c1-11(15,9-14)8-13-6-4-10-3-2-5-12-7-10/h2-3,5,7,13-15H,4,6,8-9H2,1H3. The molecular weight excluding hydrogens is 192 g/mol. The van der Waals surface area contributed by atoms with Crippen LogP contribution in [-0.2, 0) is 6.42 Å². The van der Waals surface area contributed by atoms with Crippen LogP contribution in [-0.4, -0.2) is 40.5 Å². The summed E-state index contributed by atoms with van der Waals surface area (Å²) in [6, 6.07) is 3.91. The smallest absolute Gasteiger partial charge is 0.0972 e. The Labute approximate surface area is 90.0 Å². The molecule has 0 aliphatic carbocycles. The molecule has 0 bridgehead atoms. The minimum absolute atomic E-state index is 0.229. The highest BCUT2D eigenvalue weighted by molar-refractivity contribution is 5.08. The zero-order valence-electron chi connectivity index (χ0n) is 8.98. The van der Waals surface area contributed by atoms with Crippen LogP contribution in [0.2, 0.25) is 0 Å². The fourth-order valence-corrected chi connectivity index (χ4v) is 1.19. The highest BCUT2D eigenvalue weighted by Crippen LogP contribution is 1.99. The molecule has 1 unspecified atom stereocenters. The van der Waals surface area contributed by atoms with Crippen molar-refractivity contribution >= 4 is 0 Å². The molecule has 1 heterocycles. The maximum atomic E-state index is 9.50. The van der Waals surface area contributed by atoms with Crippen LogP contribution in [0.4, 0.5) is 0 Å². The molecule has 15 heavy (non-hydrogen) atoms. The van der Waals surface area contributed by atoms with Crippen LogP contribution < -0.4 is 5.32 Å². The average molecular weight is 210 g/mol. The molecule has 3 N–H and O–H groups in total. The van der Waals surface area contributed by atoms with Gasteiger partial charge in [0.25, 0.3) is 0 Å². The normalized spacial score (nSPS) is 14.9. The van der Waals surface area contributed by atoms with Crippen molar-refractivity contribution in [3.05, 3.63) is 30.1 Å². The summed E-state index contributed by atoms with van der Waals surface area (Å²) < 4.78 is 0. The van der Waals surface area contributed by atoms with Gasteiger partial charge in [0.1, 0.15) is 0 Å². The number of hydrogen-bond donors (Lipinski definition) is 3. The van der Waals surface area contributed by atoms with Crippen molar-refractivity contribution in [3.8, 4) is 0 Å². The summed E-state index contributed by atoms with van der Waals surface area (Å²) in [7, 11) is 0. The van der Waals surface area contributed by atoms with Crippen molar-refractivity contribution < 1.29 is 10.2 Å². The molecule has 84 valence electrons. The van der Waals surface area contributed by atoms with Gasteiger partial charge in [-0.25, -0.2) is 0 Å². The molecule has 1 rings (SSSR count). The summed E-state index contributed by atoms with van der Waals surface area (Å²) in [6.45, 7) is 2.53. The van der Waals surface area contributed by atoms with Gasteiger partial charge >= 0.3 is 0 Å². The van der Waals surface area contributed by atoms with Gasteiger partial charge in [-0.15, -0.1) is 0 Å². The fraction of sp³-hybridized carbons (Fsp3) is 0.545. The molecule has 1 aromatic heterocycles. The zero-order valence-corrected chi connectivity index (χ0v) is 8.98. The van der Waals surface area contributed by atoms with Gasteiger partial charge in [-0.1, -0.05) is 6.07 Å². The number of pyridine rings is 1. The minimum atomic E-state index is -1.03. The van der Waals surface area contributed by atoms with Crippen molar-refractivity contribution in [3.63, 3.8) is 0 Å². The lowest BCUT2D eigenvalue weighted by Gasteiger charge is -2.20. The molecule has 0 saturated carbocycles. The van der Waals surface area contributed by atoms with E-state index in [1.165, 1.54) is 0 Å². The lowest BCUT2D eigenvalue weighted by molar-refractivity contribution is 0.00299. The predicted octanol–water partition coefficient (Wildman–Crippen LogP) is -0.0430. The SMILES string of the molecule is CC(O)(CO)CNCCc1cccnc1. The molecule has 0 aromatic carbocycles. The van der Waals surface area contributed by atoms with Crippen LogP contribution in [0.15, 0.2) is 24.5 Å². The third-order valence-corrected chi connectivity index (χ3v) is 2.16. The summed E-state index contributed by atoms with van der Waals surface area (Å²) in [5, 5.41) is 21.4. The van der Waals surface area contributed by atoms with Crippen LogP contribution in [0.1, 0.15) is 12.5 Å². The van der Waals surface area contributed by atoms with Crippen LogP contribution >= 0.6 is 0 Å². The third kappa shape index (κ3) is 4.88. The Morgan fingerprint density at radius 2 is 2.33 bits per heavy atom. The van der Waals surface area contributed by atoms with E-state index in [1.807, 2.05) is 18.3 Å². The lowest BCUT2D eigenvalue weighted by Crippen LogP contribution is -2.41. The summed E-state index contributed by atoms with van der Waals surface area (Å²) in [5.41, 5.74) is 0.128. The van der Waals surface area contributed by atoms with E-state index in [1.54, 1.807) is 13.1 Å². The maximum Gasteiger partial charge on any atom is 0.0972 e. The van der Waals surface area contributed by atoms with Gasteiger partial charge in [-0.05, 0) is 31.5 Å². The van der Waals surface area contributed by atoms with Crippen molar-refractivity contribution in [1.29, 1.82) is 0 Å². The first-order valence-electron chi connectivity index (χ1n) is 5.07. The van der Waals surface area contributed by atoms with E-state index in [9.17, 15) is 5.11 Å². The molecule has 0 aliphatic heterocycles. The van der Waals surface area contributed by atoms with E-state index in [-0.39, 0.29) is 6.61 Å². The highest BCUT2D eigenvalue weighted by atomic mass is 16.3. The average Bonchev–Trinajstić information content (AvgIpc) is 2.26. The molecule has 0 amide bonds. The molecule has 0 radical (unpaired) electrons. The molecule has 0 fully saturated rings. The summed E-state index contributed by atoms with van der Waals surface area (Å²) in [6.07, 6.45) is 4.44. The van der Waals surface area contributed by atoms with Gasteiger partial charge in [0.15, 0.2) is 0 Å². The van der Waals surface area contributed by atoms with Crippen molar-refractivity contribution in [1.82, 2.24) is 10.3 Å². The van der Waals surface area contributed by atoms with Gasteiger partial charge in [-0.3, -0.25) is 4.98 Å². The molecule has 0 spiro atoms. The van der Waals surface area contributed by atoms with Gasteiger partial charge in [0, 0.05) is 18.9 Å². The van der Waals surface area contributed by atoms with E-state index in [0.29, 0.717) is 6.54 Å². The second-order valence-corrected chi connectivity index (χ2v) is 3.94. The van der Waals surface area contributed by atoms with Crippen LogP contribution in [0.25, 0.3) is 0 Å². The monoisotopic (exact) mass is 210 g/mol. The van der Waals surface area contributed by atoms with E-state index < -0.39 is 5.60 Å². The number of rotatable bonds is 6. The lowest BCUT2D eigenvalue weighted by atomic mass is 10.1. The second kappa shape index (κ2) is 5.80. The summed E-state index contributed by atoms with van der Waals surface area (Å²) >= 11 is 0. The van der Waals surface area contributed by atoms with Crippen LogP contribution in [0.3, 0.4) is 0 Å². The second-order valence-electron chi connectivity index (χ2n) is 3.94. The van der Waals surface area contributed by atoms with Crippen molar-refractivity contribution in [2.24, 2.45) is 0 Å². The van der Waals surface area contributed by atoms with Crippen LogP contribution in [0.5, 0.6) is 0 Å². The van der Waals surface area contributed by atoms with E-state index in [0.717, 1.165) is 18.5 Å².